The van der Waals surface area contributed by atoms with Crippen LogP contribution in [0.1, 0.15) is 6.92 Å². The summed E-state index contributed by atoms with van der Waals surface area (Å²) in [6.45, 7) is 2.26. The van der Waals surface area contributed by atoms with Crippen molar-refractivity contribution < 1.29 is 5.11 Å². The fourth-order valence-corrected chi connectivity index (χ4v) is 0.731. The lowest BCUT2D eigenvalue weighted by Gasteiger charge is -2.19. The van der Waals surface area contributed by atoms with Crippen LogP contribution in [0.2, 0.25) is 0 Å². The SMILES string of the molecule is CC(O)(CN)Cn1ccnn1. The monoisotopic (exact) mass is 156 g/mol. The highest BCUT2D eigenvalue weighted by Gasteiger charge is 2.18. The van der Waals surface area contributed by atoms with Crippen LogP contribution in [-0.2, 0) is 6.54 Å². The number of aliphatic hydroxyl groups is 1. The van der Waals surface area contributed by atoms with Crippen LogP contribution < -0.4 is 5.73 Å². The van der Waals surface area contributed by atoms with Crippen molar-refractivity contribution in [2.45, 2.75) is 19.1 Å². The van der Waals surface area contributed by atoms with Gasteiger partial charge >= 0.3 is 0 Å². The first kappa shape index (κ1) is 8.16. The van der Waals surface area contributed by atoms with E-state index < -0.39 is 5.60 Å². The molecule has 0 aromatic carbocycles. The number of hydrogen-bond acceptors (Lipinski definition) is 4. The predicted octanol–water partition coefficient (Wildman–Crippen LogP) is -1.01. The van der Waals surface area contributed by atoms with Crippen molar-refractivity contribution in [3.05, 3.63) is 12.4 Å². The molecule has 0 aliphatic rings. The Hall–Kier alpha value is -0.940. The summed E-state index contributed by atoms with van der Waals surface area (Å²) in [6.07, 6.45) is 3.25. The highest BCUT2D eigenvalue weighted by Crippen LogP contribution is 2.02. The first-order valence-corrected chi connectivity index (χ1v) is 3.40. The van der Waals surface area contributed by atoms with Gasteiger partial charge in [-0.3, -0.25) is 0 Å². The van der Waals surface area contributed by atoms with Crippen molar-refractivity contribution in [1.29, 1.82) is 0 Å². The van der Waals surface area contributed by atoms with Gasteiger partial charge in [-0.15, -0.1) is 5.10 Å². The molecular weight excluding hydrogens is 144 g/mol. The molecule has 0 spiro atoms. The molecule has 1 aromatic heterocycles. The zero-order valence-electron chi connectivity index (χ0n) is 6.44. The Morgan fingerprint density at radius 1 is 1.73 bits per heavy atom. The number of aromatic nitrogens is 3. The topological polar surface area (TPSA) is 77.0 Å². The van der Waals surface area contributed by atoms with Crippen LogP contribution in [0.15, 0.2) is 12.4 Å². The van der Waals surface area contributed by atoms with Crippen molar-refractivity contribution in [3.63, 3.8) is 0 Å². The predicted molar refractivity (Wildman–Crippen MR) is 39.7 cm³/mol. The molecule has 11 heavy (non-hydrogen) atoms. The van der Waals surface area contributed by atoms with E-state index in [1.165, 1.54) is 0 Å². The van der Waals surface area contributed by atoms with Crippen molar-refractivity contribution in [3.8, 4) is 0 Å². The van der Waals surface area contributed by atoms with E-state index in [1.807, 2.05) is 0 Å². The second-order valence-corrected chi connectivity index (χ2v) is 2.80. The van der Waals surface area contributed by atoms with Gasteiger partial charge in [-0.05, 0) is 6.92 Å². The van der Waals surface area contributed by atoms with E-state index in [-0.39, 0.29) is 6.54 Å². The molecule has 0 saturated carbocycles. The van der Waals surface area contributed by atoms with Crippen LogP contribution in [0.25, 0.3) is 0 Å². The van der Waals surface area contributed by atoms with E-state index in [0.29, 0.717) is 6.54 Å². The van der Waals surface area contributed by atoms with Crippen LogP contribution >= 0.6 is 0 Å². The van der Waals surface area contributed by atoms with Gasteiger partial charge in [0.1, 0.15) is 0 Å². The molecule has 0 bridgehead atoms. The first-order chi connectivity index (χ1) is 5.14. The standard InChI is InChI=1S/C6H12N4O/c1-6(11,4-7)5-10-3-2-8-9-10/h2-3,11H,4-5,7H2,1H3. The highest BCUT2D eigenvalue weighted by atomic mass is 16.3. The molecule has 3 N–H and O–H groups in total. The van der Waals surface area contributed by atoms with Gasteiger partial charge in [-0.25, -0.2) is 4.68 Å². The van der Waals surface area contributed by atoms with E-state index in [1.54, 1.807) is 24.0 Å². The Bertz CT molecular complexity index is 206. The quantitative estimate of drug-likeness (QED) is 0.587. The smallest absolute Gasteiger partial charge is 0.0936 e. The van der Waals surface area contributed by atoms with Crippen LogP contribution in [0, 0.1) is 0 Å². The Morgan fingerprint density at radius 3 is 2.91 bits per heavy atom. The third kappa shape index (κ3) is 2.28. The maximum Gasteiger partial charge on any atom is 0.0936 e. The summed E-state index contributed by atoms with van der Waals surface area (Å²) in [4.78, 5) is 0. The number of nitrogens with zero attached hydrogens (tertiary/aromatic N) is 3. The summed E-state index contributed by atoms with van der Waals surface area (Å²) in [7, 11) is 0. The van der Waals surface area contributed by atoms with Gasteiger partial charge in [-0.2, -0.15) is 0 Å². The Labute approximate surface area is 64.8 Å². The van der Waals surface area contributed by atoms with E-state index in [2.05, 4.69) is 10.3 Å². The fraction of sp³-hybridized carbons (Fsp3) is 0.667. The van der Waals surface area contributed by atoms with Gasteiger partial charge in [-0.1, -0.05) is 5.21 Å². The largest absolute Gasteiger partial charge is 0.387 e. The molecule has 1 rings (SSSR count). The summed E-state index contributed by atoms with van der Waals surface area (Å²) < 4.78 is 1.55. The zero-order valence-corrected chi connectivity index (χ0v) is 6.44. The second-order valence-electron chi connectivity index (χ2n) is 2.80. The van der Waals surface area contributed by atoms with Gasteiger partial charge < -0.3 is 10.8 Å². The van der Waals surface area contributed by atoms with Crippen LogP contribution in [-0.4, -0.2) is 32.2 Å². The molecule has 0 aliphatic heterocycles. The van der Waals surface area contributed by atoms with Gasteiger partial charge in [0.05, 0.1) is 18.3 Å². The third-order valence-corrected chi connectivity index (χ3v) is 1.41. The minimum atomic E-state index is -0.895. The lowest BCUT2D eigenvalue weighted by molar-refractivity contribution is 0.0466. The minimum absolute atomic E-state index is 0.215. The lowest BCUT2D eigenvalue weighted by atomic mass is 10.1. The third-order valence-electron chi connectivity index (χ3n) is 1.41. The zero-order chi connectivity index (χ0) is 8.32. The van der Waals surface area contributed by atoms with Crippen molar-refractivity contribution in [2.75, 3.05) is 6.54 Å². The molecule has 0 saturated heterocycles. The van der Waals surface area contributed by atoms with E-state index >= 15 is 0 Å². The number of rotatable bonds is 3. The summed E-state index contributed by atoms with van der Waals surface area (Å²) in [5, 5.41) is 16.8. The average Bonchev–Trinajstić information content (AvgIpc) is 2.39. The summed E-state index contributed by atoms with van der Waals surface area (Å²) >= 11 is 0. The minimum Gasteiger partial charge on any atom is -0.387 e. The van der Waals surface area contributed by atoms with E-state index in [9.17, 15) is 5.11 Å². The summed E-state index contributed by atoms with van der Waals surface area (Å²) in [5.74, 6) is 0. The molecule has 1 unspecified atom stereocenters. The molecule has 0 fully saturated rings. The Kier molecular flexibility index (Phi) is 2.21. The second kappa shape index (κ2) is 2.98. The molecule has 1 aromatic rings. The van der Waals surface area contributed by atoms with Crippen LogP contribution in [0.4, 0.5) is 0 Å². The van der Waals surface area contributed by atoms with Gasteiger partial charge in [0, 0.05) is 12.7 Å². The highest BCUT2D eigenvalue weighted by molar-refractivity contribution is 4.75. The van der Waals surface area contributed by atoms with E-state index in [0.717, 1.165) is 0 Å². The average molecular weight is 156 g/mol. The number of nitrogens with two attached hydrogens (primary N) is 1. The first-order valence-electron chi connectivity index (χ1n) is 3.40. The van der Waals surface area contributed by atoms with Gasteiger partial charge in [0.15, 0.2) is 0 Å². The molecule has 1 atom stereocenters. The van der Waals surface area contributed by atoms with Gasteiger partial charge in [0.25, 0.3) is 0 Å². The maximum atomic E-state index is 9.48. The normalized spacial score (nSPS) is 16.3. The molecule has 1 heterocycles. The van der Waals surface area contributed by atoms with Crippen molar-refractivity contribution in [2.24, 2.45) is 5.73 Å². The van der Waals surface area contributed by atoms with Crippen LogP contribution in [0.3, 0.4) is 0 Å². The molecular formula is C6H12N4O. The molecule has 5 nitrogen and oxygen atoms in total. The summed E-state index contributed by atoms with van der Waals surface area (Å²) in [5.41, 5.74) is 4.42. The molecule has 0 aliphatic carbocycles. The Morgan fingerprint density at radius 2 is 2.45 bits per heavy atom. The number of hydrogen-bond donors (Lipinski definition) is 2. The van der Waals surface area contributed by atoms with Crippen LogP contribution in [0.5, 0.6) is 0 Å². The van der Waals surface area contributed by atoms with Gasteiger partial charge in [0.2, 0.25) is 0 Å². The van der Waals surface area contributed by atoms with Crippen molar-refractivity contribution >= 4 is 0 Å². The molecule has 62 valence electrons. The lowest BCUT2D eigenvalue weighted by Crippen LogP contribution is -2.38. The molecule has 0 amide bonds. The van der Waals surface area contributed by atoms with E-state index in [4.69, 9.17) is 5.73 Å². The fourth-order valence-electron chi connectivity index (χ4n) is 0.731. The van der Waals surface area contributed by atoms with Crippen molar-refractivity contribution in [1.82, 2.24) is 15.0 Å². The summed E-state index contributed by atoms with van der Waals surface area (Å²) in [6, 6.07) is 0. The molecule has 0 radical (unpaired) electrons. The molecule has 5 heteroatoms. The maximum absolute atomic E-state index is 9.48. The Balaban J connectivity index is 2.56.